The predicted molar refractivity (Wildman–Crippen MR) is 395 cm³/mol. The normalized spacial score (nSPS) is 10.8. The summed E-state index contributed by atoms with van der Waals surface area (Å²) in [6, 6.07) is 86.5. The van der Waals surface area contributed by atoms with E-state index in [2.05, 4.69) is 178 Å². The number of anilines is 8. The summed E-state index contributed by atoms with van der Waals surface area (Å²) < 4.78 is 86.1. The van der Waals surface area contributed by atoms with E-state index in [1.165, 1.54) is 82.3 Å². The van der Waals surface area contributed by atoms with Crippen molar-refractivity contribution < 1.29 is 31.1 Å². The number of alkyl halides is 3. The van der Waals surface area contributed by atoms with Crippen LogP contribution in [0.25, 0.3) is 44.5 Å². The molecule has 0 N–H and O–H groups in total. The predicted octanol–water partition coefficient (Wildman–Crippen LogP) is 24.3. The van der Waals surface area contributed by atoms with Gasteiger partial charge in [-0.05, 0) is 206 Å². The molecule has 0 saturated heterocycles. The molecule has 0 unspecified atom stereocenters. The van der Waals surface area contributed by atoms with Crippen LogP contribution in [0.4, 0.5) is 71.8 Å². The quantitative estimate of drug-likeness (QED) is 0.101. The van der Waals surface area contributed by atoms with Crippen LogP contribution in [0, 0.1) is 59.0 Å². The van der Waals surface area contributed by atoms with Crippen molar-refractivity contribution in [3.8, 4) is 50.3 Å². The molecule has 0 amide bonds. The molecule has 0 aliphatic carbocycles. The second kappa shape index (κ2) is 32.1. The third kappa shape index (κ3) is 18.4. The Morgan fingerprint density at radius 2 is 0.536 bits per heavy atom. The second-order valence-corrected chi connectivity index (χ2v) is 24.3. The zero-order valence-corrected chi connectivity index (χ0v) is 57.1. The molecule has 11 heteroatoms. The third-order valence-electron chi connectivity index (χ3n) is 17.3. The lowest BCUT2D eigenvalue weighted by atomic mass is 10.0. The molecule has 5 nitrogen and oxygen atoms in total. The Morgan fingerprint density at radius 1 is 0.289 bits per heavy atom. The Balaban J connectivity index is 0.000000152. The summed E-state index contributed by atoms with van der Waals surface area (Å²) in [5.74, 6) is -0.427. The van der Waals surface area contributed by atoms with Crippen molar-refractivity contribution in [1.82, 2.24) is 0 Å². The zero-order chi connectivity index (χ0) is 69.5. The Bertz CT molecular complexity index is 4370. The first-order valence-electron chi connectivity index (χ1n) is 32.2. The van der Waals surface area contributed by atoms with Gasteiger partial charge in [-0.25, -0.2) is 13.2 Å². The van der Waals surface area contributed by atoms with Crippen molar-refractivity contribution in [2.75, 3.05) is 54.9 Å². The van der Waals surface area contributed by atoms with Crippen LogP contribution in [0.15, 0.2) is 267 Å². The van der Waals surface area contributed by atoms with Gasteiger partial charge in [0.25, 0.3) is 0 Å². The maximum Gasteiger partial charge on any atom is 0.416 e. The number of hydrogen-bond donors (Lipinski definition) is 0. The highest BCUT2D eigenvalue weighted by molar-refractivity contribution is 5.74. The molecule has 0 radical (unpaired) electrons. The van der Waals surface area contributed by atoms with Crippen LogP contribution < -0.4 is 24.3 Å². The minimum Gasteiger partial charge on any atom is -0.494 e. The van der Waals surface area contributed by atoms with E-state index in [1.807, 2.05) is 116 Å². The van der Waals surface area contributed by atoms with Crippen LogP contribution in [0.3, 0.4) is 0 Å². The van der Waals surface area contributed by atoms with E-state index in [-0.39, 0.29) is 28.8 Å². The number of nitrogens with zero attached hydrogens (tertiary/aromatic N) is 4. The summed E-state index contributed by atoms with van der Waals surface area (Å²) >= 11 is 0. The van der Waals surface area contributed by atoms with Crippen LogP contribution in [0.2, 0.25) is 0 Å². The van der Waals surface area contributed by atoms with E-state index >= 15 is 0 Å². The number of methoxy groups -OCH3 is 1. The number of hydrogen-bond acceptors (Lipinski definition) is 5. The molecule has 0 bridgehead atoms. The van der Waals surface area contributed by atoms with Crippen molar-refractivity contribution in [1.29, 1.82) is 0 Å². The van der Waals surface area contributed by atoms with E-state index in [1.54, 1.807) is 43.1 Å². The summed E-state index contributed by atoms with van der Waals surface area (Å²) in [4.78, 5) is 7.69. The maximum absolute atomic E-state index is 14.0. The van der Waals surface area contributed by atoms with Crippen LogP contribution in [0.5, 0.6) is 5.75 Å². The summed E-state index contributed by atoms with van der Waals surface area (Å²) in [5.41, 5.74) is 22.2. The molecule has 12 aromatic carbocycles. The molecule has 0 fully saturated rings. The van der Waals surface area contributed by atoms with E-state index < -0.39 is 11.7 Å². The second-order valence-electron chi connectivity index (χ2n) is 24.3. The molecule has 0 aromatic heterocycles. The van der Waals surface area contributed by atoms with Gasteiger partial charge < -0.3 is 24.3 Å². The minimum absolute atomic E-state index is 0.141. The molecule has 0 atom stereocenters. The van der Waals surface area contributed by atoms with Crippen molar-refractivity contribution in [3.05, 3.63) is 329 Å². The first-order chi connectivity index (χ1) is 46.5. The topological polar surface area (TPSA) is 22.2 Å². The number of rotatable bonds is 14. The molecule has 494 valence electrons. The highest BCUT2D eigenvalue weighted by atomic mass is 19.4. The Kier molecular flexibility index (Phi) is 23.3. The molecule has 0 heterocycles. The van der Waals surface area contributed by atoms with Gasteiger partial charge in [0.2, 0.25) is 0 Å². The zero-order valence-electron chi connectivity index (χ0n) is 57.1. The summed E-state index contributed by atoms with van der Waals surface area (Å²) in [6.07, 6.45) is -3.64. The number of benzene rings is 12. The standard InChI is InChI=1S/C22H20F3N.C22H22FN.C21H20FNO.C21H20FN/c1-15-4-7-17(8-5-15)18-9-12-19(13-10-18)26(3)20-11-6-16(2)21(14-20)22(23,24)25;1-4-17-9-14-21(15-22(17)23)24(3)20-12-10-19(11-13-20)18-7-5-16(2)6-8-18;1-15-4-6-16(7-5-15)17-8-10-18(11-9-17)23(2)19-12-13-21(24-3)20(22)14-19;1-15-4-7-17(8-5-15)18-9-12-19(13-10-18)23(3)20-11-6-16(2)21(22)14-20/h4-14H,1-3H3;5-15H,4H2,1-3H3;4-14H,1-3H3;4-14H,1-3H3. The number of ether oxygens (including phenoxy) is 1. The van der Waals surface area contributed by atoms with Gasteiger partial charge in [0, 0.05) is 79.8 Å². The van der Waals surface area contributed by atoms with Crippen molar-refractivity contribution in [2.24, 2.45) is 0 Å². The highest BCUT2D eigenvalue weighted by Crippen LogP contribution is 2.38. The lowest BCUT2D eigenvalue weighted by Crippen LogP contribution is -2.13. The van der Waals surface area contributed by atoms with Crippen LogP contribution in [0.1, 0.15) is 51.4 Å². The van der Waals surface area contributed by atoms with Crippen molar-refractivity contribution in [3.63, 3.8) is 0 Å². The SMILES string of the molecule is CCc1ccc(N(C)c2ccc(-c3ccc(C)cc3)cc2)cc1F.COc1ccc(N(C)c2ccc(-c3ccc(C)cc3)cc2)cc1F.Cc1ccc(-c2ccc(N(C)c3ccc(C)c(C(F)(F)F)c3)cc2)cc1.Cc1ccc(-c2ccc(N(C)c3ccc(C)c(F)c3)cc2)cc1. The molecule has 97 heavy (non-hydrogen) atoms. The van der Waals surface area contributed by atoms with Gasteiger partial charge in [0.05, 0.1) is 12.7 Å². The first-order valence-corrected chi connectivity index (χ1v) is 32.2. The van der Waals surface area contributed by atoms with E-state index in [4.69, 9.17) is 4.74 Å². The van der Waals surface area contributed by atoms with Gasteiger partial charge in [-0.1, -0.05) is 193 Å². The van der Waals surface area contributed by atoms with Crippen LogP contribution >= 0.6 is 0 Å². The maximum atomic E-state index is 14.0. The lowest BCUT2D eigenvalue weighted by Gasteiger charge is -2.22. The summed E-state index contributed by atoms with van der Waals surface area (Å²) in [6.45, 7) is 13.5. The molecular weight excluding hydrogens is 1220 g/mol. The molecule has 0 aliphatic heterocycles. The fourth-order valence-corrected chi connectivity index (χ4v) is 10.9. The van der Waals surface area contributed by atoms with Gasteiger partial charge in [-0.3, -0.25) is 0 Å². The van der Waals surface area contributed by atoms with E-state index in [0.29, 0.717) is 17.7 Å². The Morgan fingerprint density at radius 3 is 0.804 bits per heavy atom. The van der Waals surface area contributed by atoms with Crippen LogP contribution in [-0.2, 0) is 12.6 Å². The first kappa shape index (κ1) is 70.5. The lowest BCUT2D eigenvalue weighted by molar-refractivity contribution is -0.138. The van der Waals surface area contributed by atoms with Crippen molar-refractivity contribution in [2.45, 2.75) is 61.1 Å². The molecule has 0 aliphatic rings. The molecular formula is C86H82F6N4O. The number of aryl methyl sites for hydroxylation is 7. The Hall–Kier alpha value is -10.8. The van der Waals surface area contributed by atoms with Gasteiger partial charge in [0.15, 0.2) is 11.6 Å². The van der Waals surface area contributed by atoms with Gasteiger partial charge in [0.1, 0.15) is 11.6 Å². The van der Waals surface area contributed by atoms with E-state index in [9.17, 15) is 26.3 Å². The Labute approximate surface area is 568 Å². The molecule has 0 spiro atoms. The van der Waals surface area contributed by atoms with Gasteiger partial charge in [-0.15, -0.1) is 0 Å². The van der Waals surface area contributed by atoms with Crippen molar-refractivity contribution >= 4 is 45.5 Å². The summed E-state index contributed by atoms with van der Waals surface area (Å²) in [7, 11) is 9.06. The van der Waals surface area contributed by atoms with Crippen LogP contribution in [-0.4, -0.2) is 35.3 Å². The number of halogens is 6. The monoisotopic (exact) mass is 1300 g/mol. The third-order valence-corrected chi connectivity index (χ3v) is 17.3. The average molecular weight is 1300 g/mol. The molecule has 0 saturated carbocycles. The summed E-state index contributed by atoms with van der Waals surface area (Å²) in [5, 5.41) is 0. The van der Waals surface area contributed by atoms with Gasteiger partial charge >= 0.3 is 6.18 Å². The van der Waals surface area contributed by atoms with Gasteiger partial charge in [-0.2, -0.15) is 13.2 Å². The fraction of sp³-hybridized carbons (Fsp3) is 0.163. The average Bonchev–Trinajstić information content (AvgIpc) is 0.954. The highest BCUT2D eigenvalue weighted by Gasteiger charge is 2.33. The van der Waals surface area contributed by atoms with E-state index in [0.717, 1.165) is 62.1 Å². The molecule has 12 aromatic rings. The fourth-order valence-electron chi connectivity index (χ4n) is 10.9. The smallest absolute Gasteiger partial charge is 0.416 e. The molecule has 12 rings (SSSR count). The minimum atomic E-state index is -4.35. The largest absolute Gasteiger partial charge is 0.494 e.